The van der Waals surface area contributed by atoms with Crippen LogP contribution in [0.4, 0.5) is 0 Å². The lowest BCUT2D eigenvalue weighted by molar-refractivity contribution is 0.415. The fourth-order valence-electron chi connectivity index (χ4n) is 2.26. The highest BCUT2D eigenvalue weighted by atomic mass is 16.5. The Kier molecular flexibility index (Phi) is 3.19. The second-order valence-electron chi connectivity index (χ2n) is 4.61. The Bertz CT molecular complexity index is 674. The number of fused-ring (bicyclic) bond motifs is 1. The summed E-state index contributed by atoms with van der Waals surface area (Å²) in [6.07, 6.45) is 5.71. The Balaban J connectivity index is 1.78. The molecule has 0 fully saturated rings. The van der Waals surface area contributed by atoms with Crippen molar-refractivity contribution in [2.45, 2.75) is 12.8 Å². The predicted molar refractivity (Wildman–Crippen MR) is 76.5 cm³/mol. The van der Waals surface area contributed by atoms with E-state index in [4.69, 9.17) is 4.74 Å². The van der Waals surface area contributed by atoms with Crippen molar-refractivity contribution >= 4 is 10.9 Å². The molecule has 0 aliphatic carbocycles. The third kappa shape index (κ3) is 2.60. The van der Waals surface area contributed by atoms with Gasteiger partial charge in [-0.2, -0.15) is 0 Å². The number of nitrogens with one attached hydrogen (secondary N) is 1. The minimum Gasteiger partial charge on any atom is -0.497 e. The van der Waals surface area contributed by atoms with E-state index in [2.05, 4.69) is 34.2 Å². The lowest BCUT2D eigenvalue weighted by Gasteiger charge is -1.98. The van der Waals surface area contributed by atoms with E-state index in [1.165, 1.54) is 16.6 Å². The number of rotatable bonds is 4. The average Bonchev–Trinajstić information content (AvgIpc) is 2.88. The molecule has 96 valence electrons. The number of aromatic nitrogens is 2. The van der Waals surface area contributed by atoms with Crippen LogP contribution in [-0.4, -0.2) is 17.1 Å². The molecule has 0 spiro atoms. The van der Waals surface area contributed by atoms with Crippen LogP contribution in [0.5, 0.6) is 5.75 Å². The van der Waals surface area contributed by atoms with E-state index in [0.29, 0.717) is 0 Å². The molecule has 3 aromatic rings. The maximum absolute atomic E-state index is 5.24. The third-order valence-electron chi connectivity index (χ3n) is 3.29. The van der Waals surface area contributed by atoms with Crippen LogP contribution < -0.4 is 4.74 Å². The number of pyridine rings is 1. The van der Waals surface area contributed by atoms with E-state index in [0.717, 1.165) is 24.1 Å². The number of nitrogens with zero attached hydrogens (tertiary/aromatic N) is 1. The first-order valence-corrected chi connectivity index (χ1v) is 6.40. The molecule has 0 unspecified atom stereocenters. The number of benzene rings is 1. The molecule has 1 N–H and O–H groups in total. The molecule has 0 aliphatic rings. The van der Waals surface area contributed by atoms with Gasteiger partial charge in [0.15, 0.2) is 0 Å². The number of hydrogen-bond acceptors (Lipinski definition) is 2. The van der Waals surface area contributed by atoms with Crippen LogP contribution >= 0.6 is 0 Å². The molecule has 2 aromatic heterocycles. The summed E-state index contributed by atoms with van der Waals surface area (Å²) in [6.45, 7) is 0. The van der Waals surface area contributed by atoms with Crippen LogP contribution in [0.15, 0.2) is 48.8 Å². The first-order valence-electron chi connectivity index (χ1n) is 6.40. The van der Waals surface area contributed by atoms with Crippen LogP contribution in [0, 0.1) is 0 Å². The number of methoxy groups -OCH3 is 1. The molecule has 3 rings (SSSR count). The Hall–Kier alpha value is -2.29. The smallest absolute Gasteiger partial charge is 0.119 e. The molecule has 3 heteroatoms. The lowest BCUT2D eigenvalue weighted by atomic mass is 10.1. The van der Waals surface area contributed by atoms with E-state index in [-0.39, 0.29) is 0 Å². The van der Waals surface area contributed by atoms with E-state index < -0.39 is 0 Å². The fourth-order valence-corrected chi connectivity index (χ4v) is 2.26. The topological polar surface area (TPSA) is 37.9 Å². The summed E-state index contributed by atoms with van der Waals surface area (Å²) in [5.41, 5.74) is 3.66. The summed E-state index contributed by atoms with van der Waals surface area (Å²) < 4.78 is 5.24. The summed E-state index contributed by atoms with van der Waals surface area (Å²) >= 11 is 0. The van der Waals surface area contributed by atoms with Gasteiger partial charge >= 0.3 is 0 Å². The van der Waals surface area contributed by atoms with Crippen molar-refractivity contribution in [3.8, 4) is 5.75 Å². The number of H-pyrrole nitrogens is 1. The Morgan fingerprint density at radius 2 is 2.11 bits per heavy atom. The maximum Gasteiger partial charge on any atom is 0.119 e. The largest absolute Gasteiger partial charge is 0.497 e. The normalized spacial score (nSPS) is 10.8. The van der Waals surface area contributed by atoms with Crippen molar-refractivity contribution < 1.29 is 4.74 Å². The Labute approximate surface area is 112 Å². The monoisotopic (exact) mass is 252 g/mol. The number of ether oxygens (including phenoxy) is 1. The van der Waals surface area contributed by atoms with E-state index in [1.54, 1.807) is 13.3 Å². The summed E-state index contributed by atoms with van der Waals surface area (Å²) in [7, 11) is 1.69. The number of aryl methyl sites for hydroxylation is 2. The molecule has 0 amide bonds. The van der Waals surface area contributed by atoms with Gasteiger partial charge < -0.3 is 9.72 Å². The van der Waals surface area contributed by atoms with Gasteiger partial charge in [0.25, 0.3) is 0 Å². The van der Waals surface area contributed by atoms with Crippen molar-refractivity contribution in [3.63, 3.8) is 0 Å². The summed E-state index contributed by atoms with van der Waals surface area (Å²) in [6, 6.07) is 12.4. The SMILES string of the molecule is COc1ccc2[nH]c(CCc3cccnc3)cc2c1. The molecule has 1 aromatic carbocycles. The van der Waals surface area contributed by atoms with Gasteiger partial charge in [-0.15, -0.1) is 0 Å². The van der Waals surface area contributed by atoms with Crippen LogP contribution in [0.2, 0.25) is 0 Å². The maximum atomic E-state index is 5.24. The van der Waals surface area contributed by atoms with Gasteiger partial charge in [0.05, 0.1) is 7.11 Å². The van der Waals surface area contributed by atoms with Crippen molar-refractivity contribution in [2.75, 3.05) is 7.11 Å². The summed E-state index contributed by atoms with van der Waals surface area (Å²) in [5, 5.41) is 1.19. The molecule has 2 heterocycles. The standard InChI is InChI=1S/C16H16N2O/c1-19-15-6-7-16-13(10-15)9-14(18-16)5-4-12-3-2-8-17-11-12/h2-3,6-11,18H,4-5H2,1H3. The highest BCUT2D eigenvalue weighted by molar-refractivity contribution is 5.81. The first-order chi connectivity index (χ1) is 9.35. The summed E-state index contributed by atoms with van der Waals surface area (Å²) in [5.74, 6) is 0.894. The van der Waals surface area contributed by atoms with Gasteiger partial charge in [-0.1, -0.05) is 6.07 Å². The van der Waals surface area contributed by atoms with Gasteiger partial charge in [-0.3, -0.25) is 4.98 Å². The average molecular weight is 252 g/mol. The first kappa shape index (κ1) is 11.8. The van der Waals surface area contributed by atoms with E-state index in [1.807, 2.05) is 18.3 Å². The molecule has 0 saturated heterocycles. The van der Waals surface area contributed by atoms with Gasteiger partial charge in [0.2, 0.25) is 0 Å². The molecule has 0 atom stereocenters. The number of hydrogen-bond donors (Lipinski definition) is 1. The van der Waals surface area contributed by atoms with Crippen LogP contribution in [0.1, 0.15) is 11.3 Å². The molecular weight excluding hydrogens is 236 g/mol. The third-order valence-corrected chi connectivity index (χ3v) is 3.29. The molecule has 0 radical (unpaired) electrons. The second-order valence-corrected chi connectivity index (χ2v) is 4.61. The zero-order chi connectivity index (χ0) is 13.1. The van der Waals surface area contributed by atoms with Crippen molar-refractivity contribution in [1.29, 1.82) is 0 Å². The van der Waals surface area contributed by atoms with Gasteiger partial charge in [0, 0.05) is 29.0 Å². The van der Waals surface area contributed by atoms with Crippen molar-refractivity contribution in [1.82, 2.24) is 9.97 Å². The van der Waals surface area contributed by atoms with Gasteiger partial charge in [0.1, 0.15) is 5.75 Å². The van der Waals surface area contributed by atoms with Gasteiger partial charge in [-0.05, 0) is 48.7 Å². The van der Waals surface area contributed by atoms with Crippen LogP contribution in [0.25, 0.3) is 10.9 Å². The molecule has 19 heavy (non-hydrogen) atoms. The molecule has 0 aliphatic heterocycles. The molecular formula is C16H16N2O. The Morgan fingerprint density at radius 3 is 2.89 bits per heavy atom. The molecule has 0 bridgehead atoms. The fraction of sp³-hybridized carbons (Fsp3) is 0.188. The molecule has 3 nitrogen and oxygen atoms in total. The Morgan fingerprint density at radius 1 is 1.16 bits per heavy atom. The second kappa shape index (κ2) is 5.14. The predicted octanol–water partition coefficient (Wildman–Crippen LogP) is 3.36. The minimum atomic E-state index is 0.894. The zero-order valence-corrected chi connectivity index (χ0v) is 10.9. The lowest BCUT2D eigenvalue weighted by Crippen LogP contribution is -1.91. The number of aromatic amines is 1. The minimum absolute atomic E-state index is 0.894. The highest BCUT2D eigenvalue weighted by Crippen LogP contribution is 2.22. The van der Waals surface area contributed by atoms with E-state index in [9.17, 15) is 0 Å². The molecule has 0 saturated carbocycles. The highest BCUT2D eigenvalue weighted by Gasteiger charge is 2.03. The van der Waals surface area contributed by atoms with Gasteiger partial charge in [-0.25, -0.2) is 0 Å². The quantitative estimate of drug-likeness (QED) is 0.773. The van der Waals surface area contributed by atoms with Crippen molar-refractivity contribution in [3.05, 3.63) is 60.0 Å². The van der Waals surface area contributed by atoms with E-state index >= 15 is 0 Å². The van der Waals surface area contributed by atoms with Crippen LogP contribution in [0.3, 0.4) is 0 Å². The zero-order valence-electron chi connectivity index (χ0n) is 10.9. The van der Waals surface area contributed by atoms with Crippen LogP contribution in [-0.2, 0) is 12.8 Å². The van der Waals surface area contributed by atoms with Crippen molar-refractivity contribution in [2.24, 2.45) is 0 Å². The summed E-state index contributed by atoms with van der Waals surface area (Å²) in [4.78, 5) is 7.58.